The third kappa shape index (κ3) is 8.74. The van der Waals surface area contributed by atoms with Gasteiger partial charge >= 0.3 is 0 Å². The second-order valence-electron chi connectivity index (χ2n) is 11.5. The summed E-state index contributed by atoms with van der Waals surface area (Å²) in [4.78, 5) is 30.0. The van der Waals surface area contributed by atoms with Gasteiger partial charge in [0, 0.05) is 24.5 Å². The molecule has 0 heterocycles. The lowest BCUT2D eigenvalue weighted by Gasteiger charge is -2.34. The van der Waals surface area contributed by atoms with Crippen molar-refractivity contribution in [1.82, 2.24) is 10.2 Å². The van der Waals surface area contributed by atoms with Crippen LogP contribution >= 0.6 is 11.6 Å². The molecule has 0 spiro atoms. The summed E-state index contributed by atoms with van der Waals surface area (Å²) in [5.74, 6) is -0.618. The van der Waals surface area contributed by atoms with Crippen LogP contribution < -0.4 is 9.62 Å². The molecule has 1 N–H and O–H groups in total. The maximum atomic E-state index is 14.6. The van der Waals surface area contributed by atoms with Crippen molar-refractivity contribution in [3.8, 4) is 0 Å². The first-order valence-corrected chi connectivity index (χ1v) is 16.8. The minimum atomic E-state index is -4.16. The SMILES string of the molecule is Cc1cccc(N(CC(=O)N(Cc2ccc(Cl)cc2)[C@H](Cc2ccccc2)C(=O)NCC(C)C)S(=O)(=O)c2ccccc2)c1C. The molecule has 0 aliphatic rings. The molecule has 236 valence electrons. The molecule has 0 unspecified atom stereocenters. The fourth-order valence-electron chi connectivity index (χ4n) is 5.00. The Kier molecular flexibility index (Phi) is 11.4. The Morgan fingerprint density at radius 1 is 0.800 bits per heavy atom. The van der Waals surface area contributed by atoms with Gasteiger partial charge in [0.2, 0.25) is 11.8 Å². The van der Waals surface area contributed by atoms with Gasteiger partial charge in [-0.1, -0.05) is 98.2 Å². The van der Waals surface area contributed by atoms with Gasteiger partial charge in [-0.3, -0.25) is 13.9 Å². The molecule has 4 aromatic rings. The van der Waals surface area contributed by atoms with E-state index in [9.17, 15) is 18.0 Å². The summed E-state index contributed by atoms with van der Waals surface area (Å²) in [7, 11) is -4.16. The number of rotatable bonds is 13. The third-order valence-electron chi connectivity index (χ3n) is 7.68. The first-order chi connectivity index (χ1) is 21.5. The number of nitrogens with zero attached hydrogens (tertiary/aromatic N) is 2. The van der Waals surface area contributed by atoms with Gasteiger partial charge in [0.05, 0.1) is 10.6 Å². The fraction of sp³-hybridized carbons (Fsp3) is 0.278. The Labute approximate surface area is 271 Å². The van der Waals surface area contributed by atoms with Crippen LogP contribution in [-0.4, -0.2) is 44.3 Å². The lowest BCUT2D eigenvalue weighted by molar-refractivity contribution is -0.140. The highest BCUT2D eigenvalue weighted by atomic mass is 35.5. The number of sulfonamides is 1. The first-order valence-electron chi connectivity index (χ1n) is 15.0. The van der Waals surface area contributed by atoms with E-state index in [1.54, 1.807) is 54.6 Å². The van der Waals surface area contributed by atoms with Gasteiger partial charge in [-0.15, -0.1) is 0 Å². The summed E-state index contributed by atoms with van der Waals surface area (Å²) < 4.78 is 29.5. The van der Waals surface area contributed by atoms with E-state index in [-0.39, 0.29) is 29.7 Å². The smallest absolute Gasteiger partial charge is 0.264 e. The van der Waals surface area contributed by atoms with Crippen LogP contribution in [0, 0.1) is 19.8 Å². The van der Waals surface area contributed by atoms with Crippen molar-refractivity contribution in [2.24, 2.45) is 5.92 Å². The minimum Gasteiger partial charge on any atom is -0.354 e. The number of aryl methyl sites for hydroxylation is 1. The second-order valence-corrected chi connectivity index (χ2v) is 13.8. The summed E-state index contributed by atoms with van der Waals surface area (Å²) >= 11 is 6.16. The molecule has 0 bridgehead atoms. The average Bonchev–Trinajstić information content (AvgIpc) is 3.03. The van der Waals surface area contributed by atoms with Crippen LogP contribution in [0.4, 0.5) is 5.69 Å². The Bertz CT molecular complexity index is 1700. The number of benzene rings is 4. The Balaban J connectivity index is 1.82. The van der Waals surface area contributed by atoms with Crippen molar-refractivity contribution in [3.63, 3.8) is 0 Å². The van der Waals surface area contributed by atoms with Crippen LogP contribution in [0.25, 0.3) is 0 Å². The van der Waals surface area contributed by atoms with Crippen LogP contribution in [0.3, 0.4) is 0 Å². The van der Waals surface area contributed by atoms with Crippen molar-refractivity contribution < 1.29 is 18.0 Å². The highest BCUT2D eigenvalue weighted by Crippen LogP contribution is 2.29. The molecular weight excluding hydrogens is 606 g/mol. The van der Waals surface area contributed by atoms with Crippen LogP contribution in [0.1, 0.15) is 36.1 Å². The predicted octanol–water partition coefficient (Wildman–Crippen LogP) is 6.56. The summed E-state index contributed by atoms with van der Waals surface area (Å²) in [6.07, 6.45) is 0.249. The molecule has 4 aromatic carbocycles. The van der Waals surface area contributed by atoms with Crippen LogP contribution in [0.15, 0.2) is 108 Å². The molecule has 0 aliphatic carbocycles. The largest absolute Gasteiger partial charge is 0.354 e. The van der Waals surface area contributed by atoms with E-state index in [4.69, 9.17) is 11.6 Å². The van der Waals surface area contributed by atoms with E-state index in [1.807, 2.05) is 64.1 Å². The van der Waals surface area contributed by atoms with E-state index in [2.05, 4.69) is 5.32 Å². The van der Waals surface area contributed by atoms with Gasteiger partial charge in [0.1, 0.15) is 12.6 Å². The topological polar surface area (TPSA) is 86.8 Å². The molecule has 0 radical (unpaired) electrons. The van der Waals surface area contributed by atoms with Crippen LogP contribution in [0.2, 0.25) is 5.02 Å². The maximum absolute atomic E-state index is 14.6. The monoisotopic (exact) mass is 645 g/mol. The molecule has 9 heteroatoms. The van der Waals surface area contributed by atoms with Crippen molar-refractivity contribution in [2.45, 2.75) is 51.6 Å². The lowest BCUT2D eigenvalue weighted by atomic mass is 10.0. The van der Waals surface area contributed by atoms with Crippen molar-refractivity contribution >= 4 is 39.1 Å². The number of hydrogen-bond acceptors (Lipinski definition) is 4. The molecule has 1 atom stereocenters. The van der Waals surface area contributed by atoms with Gasteiger partial charge in [0.15, 0.2) is 0 Å². The molecule has 0 saturated carbocycles. The number of hydrogen-bond donors (Lipinski definition) is 1. The standard InChI is InChI=1S/C36H40ClN3O4S/c1-26(2)23-38-36(42)34(22-29-13-7-5-8-14-29)39(24-30-18-20-31(37)21-19-30)35(41)25-40(33-17-11-12-27(3)28(33)4)45(43,44)32-15-9-6-10-16-32/h5-21,26,34H,22-25H2,1-4H3,(H,38,42)/t34-/m1/s1. The number of nitrogens with one attached hydrogen (secondary N) is 1. The van der Waals surface area contributed by atoms with E-state index < -0.39 is 28.5 Å². The van der Waals surface area contributed by atoms with Crippen molar-refractivity contribution in [3.05, 3.63) is 130 Å². The zero-order valence-corrected chi connectivity index (χ0v) is 27.7. The molecular formula is C36H40ClN3O4S. The molecule has 7 nitrogen and oxygen atoms in total. The number of halogens is 1. The molecule has 0 aromatic heterocycles. The van der Waals surface area contributed by atoms with Crippen LogP contribution in [0.5, 0.6) is 0 Å². The zero-order valence-electron chi connectivity index (χ0n) is 26.1. The highest BCUT2D eigenvalue weighted by molar-refractivity contribution is 7.92. The number of carbonyl (C=O) groups excluding carboxylic acids is 2. The summed E-state index contributed by atoms with van der Waals surface area (Å²) in [5.41, 5.74) is 3.67. The fourth-order valence-corrected chi connectivity index (χ4v) is 6.62. The van der Waals surface area contributed by atoms with Gasteiger partial charge in [-0.25, -0.2) is 8.42 Å². The number of anilines is 1. The number of amides is 2. The van der Waals surface area contributed by atoms with Gasteiger partial charge < -0.3 is 10.2 Å². The summed E-state index contributed by atoms with van der Waals surface area (Å²) in [6.45, 7) is 7.75. The van der Waals surface area contributed by atoms with Gasteiger partial charge in [0.25, 0.3) is 10.0 Å². The Morgan fingerprint density at radius 2 is 1.42 bits per heavy atom. The lowest BCUT2D eigenvalue weighted by Crippen LogP contribution is -2.53. The summed E-state index contributed by atoms with van der Waals surface area (Å²) in [5, 5.41) is 3.55. The number of carbonyl (C=O) groups is 2. The maximum Gasteiger partial charge on any atom is 0.264 e. The predicted molar refractivity (Wildman–Crippen MR) is 181 cm³/mol. The van der Waals surface area contributed by atoms with E-state index in [0.29, 0.717) is 17.3 Å². The molecule has 45 heavy (non-hydrogen) atoms. The zero-order chi connectivity index (χ0) is 32.6. The van der Waals surface area contributed by atoms with E-state index in [0.717, 1.165) is 26.6 Å². The average molecular weight is 646 g/mol. The van der Waals surface area contributed by atoms with Gasteiger partial charge in [-0.2, -0.15) is 0 Å². The second kappa shape index (κ2) is 15.2. The first kappa shape index (κ1) is 33.7. The molecule has 0 aliphatic heterocycles. The minimum absolute atomic E-state index is 0.0680. The quantitative estimate of drug-likeness (QED) is 0.178. The Morgan fingerprint density at radius 3 is 2.04 bits per heavy atom. The normalized spacial score (nSPS) is 12.0. The van der Waals surface area contributed by atoms with E-state index >= 15 is 0 Å². The Hall–Kier alpha value is -4.14. The third-order valence-corrected chi connectivity index (χ3v) is 9.70. The highest BCUT2D eigenvalue weighted by Gasteiger charge is 2.35. The van der Waals surface area contributed by atoms with Crippen molar-refractivity contribution in [1.29, 1.82) is 0 Å². The molecule has 0 fully saturated rings. The van der Waals surface area contributed by atoms with Crippen LogP contribution in [-0.2, 0) is 32.6 Å². The summed E-state index contributed by atoms with van der Waals surface area (Å²) in [6, 6.07) is 29.1. The molecule has 0 saturated heterocycles. The van der Waals surface area contributed by atoms with Gasteiger partial charge in [-0.05, 0) is 72.4 Å². The molecule has 2 amide bonds. The van der Waals surface area contributed by atoms with E-state index in [1.165, 1.54) is 17.0 Å². The van der Waals surface area contributed by atoms with Crippen molar-refractivity contribution in [2.75, 3.05) is 17.4 Å². The molecule has 4 rings (SSSR count).